The number of aryl methyl sites for hydroxylation is 1. The normalized spacial score (nSPS) is 10.6. The molecule has 0 N–H and O–H groups in total. The third kappa shape index (κ3) is 5.33. The largest absolute Gasteiger partial charge is 0.496 e. The molecule has 0 unspecified atom stereocenters. The monoisotopic (exact) mass is 512 g/mol. The fraction of sp³-hybridized carbons (Fsp3) is 0.296. The smallest absolute Gasteiger partial charge is 0.204 e. The van der Waals surface area contributed by atoms with Gasteiger partial charge in [0.2, 0.25) is 11.5 Å². The maximum atomic E-state index is 14.0. The van der Waals surface area contributed by atoms with Crippen LogP contribution < -0.4 is 18.9 Å². The van der Waals surface area contributed by atoms with E-state index in [0.29, 0.717) is 40.7 Å². The molecule has 0 aromatic heterocycles. The molecule has 0 atom stereocenters. The van der Waals surface area contributed by atoms with Crippen molar-refractivity contribution in [2.75, 3.05) is 20.8 Å². The van der Waals surface area contributed by atoms with Crippen molar-refractivity contribution in [1.29, 1.82) is 0 Å². The van der Waals surface area contributed by atoms with Gasteiger partial charge in [0.05, 0.1) is 32.0 Å². The molecule has 3 aromatic carbocycles. The fourth-order valence-electron chi connectivity index (χ4n) is 3.62. The summed E-state index contributed by atoms with van der Waals surface area (Å²) in [5.41, 5.74) is 3.40. The van der Waals surface area contributed by atoms with E-state index < -0.39 is 0 Å². The molecule has 0 saturated carbocycles. The third-order valence-corrected chi connectivity index (χ3v) is 6.19. The van der Waals surface area contributed by atoms with E-state index in [9.17, 15) is 4.79 Å². The number of hydrogen-bond acceptors (Lipinski definition) is 5. The van der Waals surface area contributed by atoms with E-state index in [1.165, 1.54) is 0 Å². The minimum absolute atomic E-state index is 0.199. The number of rotatable bonds is 10. The maximum Gasteiger partial charge on any atom is 0.204 e. The Hall–Kier alpha value is -2.99. The first-order valence-electron chi connectivity index (χ1n) is 10.8. The predicted molar refractivity (Wildman–Crippen MR) is 133 cm³/mol. The summed E-state index contributed by atoms with van der Waals surface area (Å²) in [6.07, 6.45) is 0.803. The highest BCUT2D eigenvalue weighted by Gasteiger charge is 2.29. The average Bonchev–Trinajstić information content (AvgIpc) is 2.83. The van der Waals surface area contributed by atoms with Crippen LogP contribution in [0.25, 0.3) is 0 Å². The molecule has 3 aromatic rings. The molecule has 5 nitrogen and oxygen atoms in total. The van der Waals surface area contributed by atoms with Gasteiger partial charge in [-0.2, -0.15) is 0 Å². The zero-order valence-corrected chi connectivity index (χ0v) is 21.2. The van der Waals surface area contributed by atoms with Gasteiger partial charge >= 0.3 is 0 Å². The van der Waals surface area contributed by atoms with Gasteiger partial charge in [0, 0.05) is 4.47 Å². The molecule has 0 bridgehead atoms. The first kappa shape index (κ1) is 24.6. The topological polar surface area (TPSA) is 54.0 Å². The van der Waals surface area contributed by atoms with E-state index in [2.05, 4.69) is 15.9 Å². The molecule has 0 aliphatic rings. The van der Waals surface area contributed by atoms with E-state index in [1.54, 1.807) is 20.3 Å². The summed E-state index contributed by atoms with van der Waals surface area (Å²) in [7, 11) is 3.14. The van der Waals surface area contributed by atoms with Crippen molar-refractivity contribution in [2.45, 2.75) is 33.8 Å². The molecule has 0 aliphatic carbocycles. The van der Waals surface area contributed by atoms with Crippen molar-refractivity contribution < 1.29 is 23.7 Å². The molecule has 0 fully saturated rings. The Labute approximate surface area is 203 Å². The van der Waals surface area contributed by atoms with Crippen molar-refractivity contribution in [1.82, 2.24) is 0 Å². The lowest BCUT2D eigenvalue weighted by Crippen LogP contribution is -2.13. The zero-order valence-electron chi connectivity index (χ0n) is 19.7. The Morgan fingerprint density at radius 2 is 1.58 bits per heavy atom. The van der Waals surface area contributed by atoms with Crippen LogP contribution in [0.3, 0.4) is 0 Å². The number of carbonyl (C=O) groups is 1. The van der Waals surface area contributed by atoms with E-state index in [-0.39, 0.29) is 12.4 Å². The van der Waals surface area contributed by atoms with Gasteiger partial charge in [0.25, 0.3) is 0 Å². The SMILES string of the molecule is CCCOc1c(OC)cc(C)c(C(=O)c2c(OC)ccc(Br)c2C)c1OCc1ccccc1. The van der Waals surface area contributed by atoms with E-state index in [0.717, 1.165) is 27.6 Å². The summed E-state index contributed by atoms with van der Waals surface area (Å²) in [6.45, 7) is 6.53. The number of carbonyl (C=O) groups excluding carboxylic acids is 1. The summed E-state index contributed by atoms with van der Waals surface area (Å²) in [5.74, 6) is 1.63. The number of ketones is 1. The second kappa shape index (κ2) is 11.2. The predicted octanol–water partition coefficient (Wildman–Crippen LogP) is 6.68. The van der Waals surface area contributed by atoms with Crippen molar-refractivity contribution in [2.24, 2.45) is 0 Å². The standard InChI is InChI=1S/C27H29BrO5/c1-6-14-32-26-22(31-5)15-17(2)23(27(26)33-16-19-10-8-7-9-11-19)25(29)24-18(3)20(28)12-13-21(24)30-4/h7-13,15H,6,14,16H2,1-5H3. The number of hydrogen-bond donors (Lipinski definition) is 0. The van der Waals surface area contributed by atoms with Crippen LogP contribution in [-0.2, 0) is 6.61 Å². The Kier molecular flexibility index (Phi) is 8.39. The molecular weight excluding hydrogens is 484 g/mol. The van der Waals surface area contributed by atoms with E-state index >= 15 is 0 Å². The second-order valence-corrected chi connectivity index (χ2v) is 8.48. The van der Waals surface area contributed by atoms with Crippen LogP contribution >= 0.6 is 15.9 Å². The molecular formula is C27H29BrO5. The van der Waals surface area contributed by atoms with Crippen LogP contribution in [-0.4, -0.2) is 26.6 Å². The van der Waals surface area contributed by atoms with Gasteiger partial charge in [0.15, 0.2) is 11.5 Å². The molecule has 0 amide bonds. The van der Waals surface area contributed by atoms with E-state index in [4.69, 9.17) is 18.9 Å². The van der Waals surface area contributed by atoms with Gasteiger partial charge in [-0.05, 0) is 55.2 Å². The van der Waals surface area contributed by atoms with Crippen molar-refractivity contribution in [3.63, 3.8) is 0 Å². The summed E-state index contributed by atoms with van der Waals surface area (Å²) in [4.78, 5) is 14.0. The molecule has 174 valence electrons. The molecule has 3 rings (SSSR count). The van der Waals surface area contributed by atoms with Crippen LogP contribution in [0.2, 0.25) is 0 Å². The maximum absolute atomic E-state index is 14.0. The zero-order chi connectivity index (χ0) is 24.0. The lowest BCUT2D eigenvalue weighted by molar-refractivity contribution is 0.102. The Morgan fingerprint density at radius 1 is 0.879 bits per heavy atom. The quantitative estimate of drug-likeness (QED) is 0.283. The number of benzene rings is 3. The second-order valence-electron chi connectivity index (χ2n) is 7.63. The number of ether oxygens (including phenoxy) is 4. The molecule has 0 saturated heterocycles. The molecule has 6 heteroatoms. The molecule has 0 spiro atoms. The molecule has 33 heavy (non-hydrogen) atoms. The first-order chi connectivity index (χ1) is 15.9. The average molecular weight is 513 g/mol. The van der Waals surface area contributed by atoms with Crippen LogP contribution in [0.5, 0.6) is 23.0 Å². The van der Waals surface area contributed by atoms with Crippen molar-refractivity contribution >= 4 is 21.7 Å². The highest BCUT2D eigenvalue weighted by atomic mass is 79.9. The van der Waals surface area contributed by atoms with Crippen LogP contribution in [0.15, 0.2) is 53.0 Å². The highest BCUT2D eigenvalue weighted by Crippen LogP contribution is 2.45. The van der Waals surface area contributed by atoms with Gasteiger partial charge in [0.1, 0.15) is 12.4 Å². The van der Waals surface area contributed by atoms with Gasteiger partial charge in [-0.25, -0.2) is 0 Å². The van der Waals surface area contributed by atoms with Crippen molar-refractivity contribution in [3.05, 3.63) is 80.8 Å². The minimum atomic E-state index is -0.199. The van der Waals surface area contributed by atoms with Gasteiger partial charge < -0.3 is 18.9 Å². The molecule has 0 aliphatic heterocycles. The van der Waals surface area contributed by atoms with Crippen LogP contribution in [0, 0.1) is 13.8 Å². The Morgan fingerprint density at radius 3 is 2.21 bits per heavy atom. The van der Waals surface area contributed by atoms with Crippen LogP contribution in [0.4, 0.5) is 0 Å². The summed E-state index contributed by atoms with van der Waals surface area (Å²) >= 11 is 3.54. The highest BCUT2D eigenvalue weighted by molar-refractivity contribution is 9.10. The molecule has 0 heterocycles. The lowest BCUT2D eigenvalue weighted by Gasteiger charge is -2.21. The first-order valence-corrected chi connectivity index (χ1v) is 11.6. The van der Waals surface area contributed by atoms with Gasteiger partial charge in [-0.1, -0.05) is 53.2 Å². The third-order valence-electron chi connectivity index (χ3n) is 5.33. The Balaban J connectivity index is 2.21. The molecule has 0 radical (unpaired) electrons. The van der Waals surface area contributed by atoms with E-state index in [1.807, 2.05) is 63.2 Å². The lowest BCUT2D eigenvalue weighted by atomic mass is 9.93. The minimum Gasteiger partial charge on any atom is -0.496 e. The summed E-state index contributed by atoms with van der Waals surface area (Å²) in [5, 5.41) is 0. The van der Waals surface area contributed by atoms with Gasteiger partial charge in [-0.15, -0.1) is 0 Å². The number of methoxy groups -OCH3 is 2. The summed E-state index contributed by atoms with van der Waals surface area (Å²) in [6, 6.07) is 15.3. The van der Waals surface area contributed by atoms with Crippen molar-refractivity contribution in [3.8, 4) is 23.0 Å². The van der Waals surface area contributed by atoms with Gasteiger partial charge in [-0.3, -0.25) is 4.79 Å². The summed E-state index contributed by atoms with van der Waals surface area (Å²) < 4.78 is 24.3. The van der Waals surface area contributed by atoms with Crippen LogP contribution in [0.1, 0.15) is 46.0 Å². The Bertz CT molecular complexity index is 1130. The fourth-order valence-corrected chi connectivity index (χ4v) is 3.95. The number of halogens is 1.